The number of nitrogens with two attached hydrogens (primary N) is 1. The largest absolute Gasteiger partial charge is 0.433 e. The molecule has 0 bridgehead atoms. The molecule has 1 aromatic heterocycles. The van der Waals surface area contributed by atoms with E-state index in [4.69, 9.17) is 10.2 Å². The number of carbonyl (C=O) groups is 1. The Morgan fingerprint density at radius 1 is 1.63 bits per heavy atom. The van der Waals surface area contributed by atoms with Gasteiger partial charge in [-0.15, -0.1) is 0 Å². The molecule has 2 rings (SSSR count). The lowest BCUT2D eigenvalue weighted by Gasteiger charge is -2.37. The van der Waals surface area contributed by atoms with E-state index in [0.717, 1.165) is 12.8 Å². The van der Waals surface area contributed by atoms with Crippen molar-refractivity contribution in [3.63, 3.8) is 0 Å². The molecule has 1 aliphatic rings. The molecule has 1 amide bonds. The second-order valence-electron chi connectivity index (χ2n) is 4.91. The molecule has 2 N–H and O–H groups in total. The van der Waals surface area contributed by atoms with E-state index >= 15 is 0 Å². The van der Waals surface area contributed by atoms with Crippen LogP contribution in [-0.4, -0.2) is 34.9 Å². The lowest BCUT2D eigenvalue weighted by atomic mass is 9.92. The first-order valence-electron chi connectivity index (χ1n) is 6.28. The molecule has 19 heavy (non-hydrogen) atoms. The summed E-state index contributed by atoms with van der Waals surface area (Å²) in [4.78, 5) is 23.8. The number of rotatable bonds is 3. The number of hydrogen-bond acceptors (Lipinski definition) is 5. The van der Waals surface area contributed by atoms with E-state index in [2.05, 4.69) is 6.92 Å². The number of nitro groups is 1. The number of furan rings is 1. The number of carbonyl (C=O) groups excluding carboxylic acids is 1. The maximum Gasteiger partial charge on any atom is 0.433 e. The standard InChI is InChI=1S/C12H17N3O4/c1-8-4-5-14(9(6-8)7-13)12(16)10-2-3-11(19-10)15(17)18/h2-3,8-9H,4-7,13H2,1H3. The second kappa shape index (κ2) is 5.40. The number of piperidine rings is 1. The summed E-state index contributed by atoms with van der Waals surface area (Å²) in [6.45, 7) is 3.12. The molecule has 1 saturated heterocycles. The van der Waals surface area contributed by atoms with Gasteiger partial charge in [-0.25, -0.2) is 0 Å². The fraction of sp³-hybridized carbons (Fsp3) is 0.583. The summed E-state index contributed by atoms with van der Waals surface area (Å²) in [6.07, 6.45) is 1.76. The van der Waals surface area contributed by atoms with Gasteiger partial charge in [0.05, 0.1) is 6.07 Å². The van der Waals surface area contributed by atoms with Gasteiger partial charge in [0.1, 0.15) is 4.92 Å². The minimum atomic E-state index is -0.657. The first kappa shape index (κ1) is 13.5. The molecule has 0 aromatic carbocycles. The fourth-order valence-electron chi connectivity index (χ4n) is 2.42. The Hall–Kier alpha value is -1.89. The van der Waals surface area contributed by atoms with Gasteiger partial charge in [0, 0.05) is 19.1 Å². The van der Waals surface area contributed by atoms with Gasteiger partial charge in [-0.2, -0.15) is 0 Å². The van der Waals surface area contributed by atoms with E-state index in [1.807, 2.05) is 0 Å². The summed E-state index contributed by atoms with van der Waals surface area (Å²) >= 11 is 0. The molecule has 2 heterocycles. The smallest absolute Gasteiger partial charge is 0.395 e. The Bertz CT molecular complexity index is 485. The van der Waals surface area contributed by atoms with Crippen molar-refractivity contribution >= 4 is 11.8 Å². The summed E-state index contributed by atoms with van der Waals surface area (Å²) in [5, 5.41) is 10.5. The Morgan fingerprint density at radius 2 is 2.37 bits per heavy atom. The maximum atomic E-state index is 12.3. The van der Waals surface area contributed by atoms with E-state index in [0.29, 0.717) is 19.0 Å². The minimum Gasteiger partial charge on any atom is -0.395 e. The van der Waals surface area contributed by atoms with Crippen LogP contribution in [-0.2, 0) is 0 Å². The van der Waals surface area contributed by atoms with Crippen molar-refractivity contribution in [1.82, 2.24) is 4.90 Å². The lowest BCUT2D eigenvalue weighted by molar-refractivity contribution is -0.402. The summed E-state index contributed by atoms with van der Waals surface area (Å²) in [5.41, 5.74) is 5.69. The summed E-state index contributed by atoms with van der Waals surface area (Å²) < 4.78 is 4.95. The maximum absolute atomic E-state index is 12.3. The summed E-state index contributed by atoms with van der Waals surface area (Å²) in [7, 11) is 0. The number of likely N-dealkylation sites (tertiary alicyclic amines) is 1. The molecule has 2 unspecified atom stereocenters. The summed E-state index contributed by atoms with van der Waals surface area (Å²) in [5.74, 6) is -0.211. The van der Waals surface area contributed by atoms with Gasteiger partial charge in [-0.3, -0.25) is 14.9 Å². The van der Waals surface area contributed by atoms with Crippen molar-refractivity contribution < 1.29 is 14.1 Å². The van der Waals surface area contributed by atoms with E-state index in [9.17, 15) is 14.9 Å². The molecule has 0 saturated carbocycles. The van der Waals surface area contributed by atoms with E-state index < -0.39 is 10.8 Å². The van der Waals surface area contributed by atoms with Crippen LogP contribution in [0.3, 0.4) is 0 Å². The highest BCUT2D eigenvalue weighted by Gasteiger charge is 2.31. The SMILES string of the molecule is CC1CCN(C(=O)c2ccc([N+](=O)[O-])o2)C(CN)C1. The predicted octanol–water partition coefficient (Wildman–Crippen LogP) is 1.39. The van der Waals surface area contributed by atoms with Gasteiger partial charge >= 0.3 is 5.88 Å². The monoisotopic (exact) mass is 267 g/mol. The van der Waals surface area contributed by atoms with E-state index in [1.165, 1.54) is 12.1 Å². The third kappa shape index (κ3) is 2.76. The van der Waals surface area contributed by atoms with Crippen molar-refractivity contribution in [3.8, 4) is 0 Å². The number of amides is 1. The Kier molecular flexibility index (Phi) is 3.84. The molecule has 1 aliphatic heterocycles. The van der Waals surface area contributed by atoms with Crippen LogP contribution in [0.5, 0.6) is 0 Å². The normalized spacial score (nSPS) is 23.4. The molecule has 1 aromatic rings. The van der Waals surface area contributed by atoms with Crippen molar-refractivity contribution in [1.29, 1.82) is 0 Å². The van der Waals surface area contributed by atoms with Crippen LogP contribution in [0.1, 0.15) is 30.3 Å². The van der Waals surface area contributed by atoms with E-state index in [1.54, 1.807) is 4.90 Å². The van der Waals surface area contributed by atoms with Crippen LogP contribution in [0.4, 0.5) is 5.88 Å². The zero-order chi connectivity index (χ0) is 14.0. The van der Waals surface area contributed by atoms with Crippen molar-refractivity contribution in [2.75, 3.05) is 13.1 Å². The molecular weight excluding hydrogens is 250 g/mol. The zero-order valence-corrected chi connectivity index (χ0v) is 10.7. The quantitative estimate of drug-likeness (QED) is 0.658. The minimum absolute atomic E-state index is 0.000275. The molecule has 7 heteroatoms. The summed E-state index contributed by atoms with van der Waals surface area (Å²) in [6, 6.07) is 2.50. The van der Waals surface area contributed by atoms with Gasteiger partial charge in [0.25, 0.3) is 5.91 Å². The Balaban J connectivity index is 2.15. The molecule has 104 valence electrons. The van der Waals surface area contributed by atoms with Crippen LogP contribution in [0, 0.1) is 16.0 Å². The molecule has 0 aliphatic carbocycles. The van der Waals surface area contributed by atoms with E-state index in [-0.39, 0.29) is 17.7 Å². The third-order valence-electron chi connectivity index (χ3n) is 3.49. The first-order valence-corrected chi connectivity index (χ1v) is 6.28. The van der Waals surface area contributed by atoms with Gasteiger partial charge in [-0.05, 0) is 24.8 Å². The van der Waals surface area contributed by atoms with Gasteiger partial charge < -0.3 is 15.1 Å². The van der Waals surface area contributed by atoms with Crippen molar-refractivity contribution in [2.24, 2.45) is 11.7 Å². The molecule has 0 spiro atoms. The second-order valence-corrected chi connectivity index (χ2v) is 4.91. The first-order chi connectivity index (χ1) is 9.02. The highest BCUT2D eigenvalue weighted by atomic mass is 16.6. The lowest BCUT2D eigenvalue weighted by Crippen LogP contribution is -2.49. The highest BCUT2D eigenvalue weighted by Crippen LogP contribution is 2.25. The topological polar surface area (TPSA) is 103 Å². The average Bonchev–Trinajstić information content (AvgIpc) is 2.87. The van der Waals surface area contributed by atoms with Gasteiger partial charge in [0.2, 0.25) is 0 Å². The molecule has 0 radical (unpaired) electrons. The van der Waals surface area contributed by atoms with Crippen LogP contribution in [0.15, 0.2) is 16.5 Å². The van der Waals surface area contributed by atoms with Crippen molar-refractivity contribution in [3.05, 3.63) is 28.0 Å². The van der Waals surface area contributed by atoms with Crippen LogP contribution in [0.2, 0.25) is 0 Å². The number of hydrogen-bond donors (Lipinski definition) is 1. The van der Waals surface area contributed by atoms with Crippen molar-refractivity contribution in [2.45, 2.75) is 25.8 Å². The predicted molar refractivity (Wildman–Crippen MR) is 67.6 cm³/mol. The number of nitrogens with zero attached hydrogens (tertiary/aromatic N) is 2. The van der Waals surface area contributed by atoms with Crippen LogP contribution < -0.4 is 5.73 Å². The molecule has 7 nitrogen and oxygen atoms in total. The fourth-order valence-corrected chi connectivity index (χ4v) is 2.42. The van der Waals surface area contributed by atoms with Gasteiger partial charge in [0.15, 0.2) is 5.76 Å². The van der Waals surface area contributed by atoms with Gasteiger partial charge in [-0.1, -0.05) is 6.92 Å². The average molecular weight is 267 g/mol. The molecular formula is C12H17N3O4. The Labute approximate surface area is 110 Å². The molecule has 2 atom stereocenters. The Morgan fingerprint density at radius 3 is 2.95 bits per heavy atom. The zero-order valence-electron chi connectivity index (χ0n) is 10.7. The third-order valence-corrected chi connectivity index (χ3v) is 3.49. The highest BCUT2D eigenvalue weighted by molar-refractivity contribution is 5.92. The molecule has 1 fully saturated rings. The van der Waals surface area contributed by atoms with Crippen LogP contribution >= 0.6 is 0 Å². The van der Waals surface area contributed by atoms with Crippen LogP contribution in [0.25, 0.3) is 0 Å².